The van der Waals surface area contributed by atoms with Gasteiger partial charge in [-0.05, 0) is 24.0 Å². The van der Waals surface area contributed by atoms with E-state index in [1.54, 1.807) is 0 Å². The average molecular weight is 416 g/mol. The van der Waals surface area contributed by atoms with Crippen molar-refractivity contribution in [3.05, 3.63) is 46.5 Å². The Hall–Kier alpha value is -3.82. The molecule has 31 heavy (non-hydrogen) atoms. The smallest absolute Gasteiger partial charge is 0.211 e. The van der Waals surface area contributed by atoms with Gasteiger partial charge in [0.15, 0.2) is 6.19 Å². The molecule has 0 bridgehead atoms. The van der Waals surface area contributed by atoms with Gasteiger partial charge in [0.25, 0.3) is 0 Å². The predicted octanol–water partition coefficient (Wildman–Crippen LogP) is 2.25. The van der Waals surface area contributed by atoms with E-state index < -0.39 is 6.04 Å². The van der Waals surface area contributed by atoms with E-state index in [2.05, 4.69) is 20.6 Å². The second kappa shape index (κ2) is 8.13. The Morgan fingerprint density at radius 2 is 2.00 bits per heavy atom. The highest BCUT2D eigenvalue weighted by atomic mass is 16.3. The molecule has 1 aliphatic heterocycles. The average Bonchev–Trinajstić information content (AvgIpc) is 2.79. The van der Waals surface area contributed by atoms with Gasteiger partial charge in [-0.1, -0.05) is 43.5 Å². The molecule has 1 unspecified atom stereocenters. The maximum Gasteiger partial charge on any atom is 0.211 e. The van der Waals surface area contributed by atoms with Crippen LogP contribution in [0.5, 0.6) is 0 Å². The highest BCUT2D eigenvalue weighted by molar-refractivity contribution is 5.98. The maximum atomic E-state index is 10.2. The van der Waals surface area contributed by atoms with Crippen LogP contribution in [-0.4, -0.2) is 22.7 Å². The van der Waals surface area contributed by atoms with E-state index >= 15 is 0 Å². The van der Waals surface area contributed by atoms with Gasteiger partial charge in [-0.15, -0.1) is 0 Å². The molecule has 1 saturated carbocycles. The van der Waals surface area contributed by atoms with Crippen molar-refractivity contribution < 1.29 is 5.11 Å². The molecule has 0 spiro atoms. The summed E-state index contributed by atoms with van der Waals surface area (Å²) in [5, 5.41) is 34.2. The molecule has 158 valence electrons. The highest BCUT2D eigenvalue weighted by Gasteiger charge is 2.35. The number of nitrogen functional groups attached to an aromatic ring is 2. The Labute approximate surface area is 180 Å². The Balaban J connectivity index is 1.86. The fourth-order valence-electron chi connectivity index (χ4n) is 4.63. The number of nitrogens with zero attached hydrogens (tertiary/aromatic N) is 4. The number of aliphatic imine (C=N–C) groups is 1. The lowest BCUT2D eigenvalue weighted by Gasteiger charge is -2.36. The summed E-state index contributed by atoms with van der Waals surface area (Å²) in [6, 6.07) is 9.36. The minimum absolute atomic E-state index is 0.0124. The lowest BCUT2D eigenvalue weighted by atomic mass is 9.69. The summed E-state index contributed by atoms with van der Waals surface area (Å²) in [5.74, 6) is 0.584. The van der Waals surface area contributed by atoms with Crippen LogP contribution in [0.3, 0.4) is 0 Å². The monoisotopic (exact) mass is 416 g/mol. The van der Waals surface area contributed by atoms with Crippen molar-refractivity contribution in [2.45, 2.75) is 43.6 Å². The Morgan fingerprint density at radius 1 is 1.23 bits per heavy atom. The predicted molar refractivity (Wildman–Crippen MR) is 118 cm³/mol. The topological polar surface area (TPSA) is 169 Å². The van der Waals surface area contributed by atoms with Gasteiger partial charge < -0.3 is 21.9 Å². The minimum Gasteiger partial charge on any atom is -0.397 e. The first kappa shape index (κ1) is 20.5. The van der Waals surface area contributed by atoms with Gasteiger partial charge in [0, 0.05) is 11.0 Å². The molecule has 7 N–H and O–H groups in total. The molecule has 1 fully saturated rings. The van der Waals surface area contributed by atoms with Crippen LogP contribution in [0.4, 0.5) is 17.3 Å². The number of aliphatic hydroxyl groups excluding tert-OH is 1. The first-order chi connectivity index (χ1) is 15.0. The number of rotatable bonds is 3. The van der Waals surface area contributed by atoms with E-state index in [0.717, 1.165) is 36.8 Å². The third kappa shape index (κ3) is 3.49. The van der Waals surface area contributed by atoms with Crippen LogP contribution in [0.15, 0.2) is 29.3 Å². The maximum absolute atomic E-state index is 10.2. The van der Waals surface area contributed by atoms with E-state index in [9.17, 15) is 10.4 Å². The van der Waals surface area contributed by atoms with Gasteiger partial charge in [-0.3, -0.25) is 5.32 Å². The summed E-state index contributed by atoms with van der Waals surface area (Å²) in [4.78, 5) is 8.91. The van der Waals surface area contributed by atoms with Crippen molar-refractivity contribution in [1.29, 1.82) is 10.5 Å². The molecule has 9 nitrogen and oxygen atoms in total. The summed E-state index contributed by atoms with van der Waals surface area (Å²) in [6.07, 6.45) is 7.05. The number of aliphatic hydroxyl groups is 1. The largest absolute Gasteiger partial charge is 0.397 e. The number of aromatic nitrogens is 1. The number of anilines is 3. The molecular weight excluding hydrogens is 392 g/mol. The van der Waals surface area contributed by atoms with E-state index in [0.29, 0.717) is 11.4 Å². The number of fused-ring (bicyclic) bond motifs is 1. The van der Waals surface area contributed by atoms with Crippen LogP contribution in [0.25, 0.3) is 0 Å². The summed E-state index contributed by atoms with van der Waals surface area (Å²) in [6.45, 7) is 0.0859. The van der Waals surface area contributed by atoms with Gasteiger partial charge >= 0.3 is 0 Å². The standard InChI is InChI=1S/C22H24N8O/c23-10-15-17(25)16-18(28-21(27-12-24)30-20(16)29-19(15)26)13-5-4-6-14(9-13)22(11-31)7-2-1-3-8-22/h4-6,9,18,31H,1-3,7-8,11H2,(H6,25,26,27,28,29,30). The number of hydrogen-bond acceptors (Lipinski definition) is 9. The van der Waals surface area contributed by atoms with Crippen molar-refractivity contribution in [2.75, 3.05) is 23.4 Å². The lowest BCUT2D eigenvalue weighted by Crippen LogP contribution is -2.34. The van der Waals surface area contributed by atoms with Gasteiger partial charge in [0.2, 0.25) is 5.96 Å². The van der Waals surface area contributed by atoms with Crippen LogP contribution in [0, 0.1) is 22.8 Å². The Morgan fingerprint density at radius 3 is 2.68 bits per heavy atom. The molecule has 9 heteroatoms. The highest BCUT2D eigenvalue weighted by Crippen LogP contribution is 2.43. The van der Waals surface area contributed by atoms with Crippen molar-refractivity contribution >= 4 is 23.3 Å². The number of benzene rings is 1. The second-order valence-electron chi connectivity index (χ2n) is 8.03. The van der Waals surface area contributed by atoms with Crippen LogP contribution >= 0.6 is 0 Å². The minimum atomic E-state index is -0.591. The summed E-state index contributed by atoms with van der Waals surface area (Å²) >= 11 is 0. The van der Waals surface area contributed by atoms with Gasteiger partial charge in [-0.25, -0.2) is 9.98 Å². The summed E-state index contributed by atoms with van der Waals surface area (Å²) < 4.78 is 0. The van der Waals surface area contributed by atoms with Crippen LogP contribution < -0.4 is 22.1 Å². The van der Waals surface area contributed by atoms with Crippen LogP contribution in [0.1, 0.15) is 60.4 Å². The molecule has 0 saturated heterocycles. The van der Waals surface area contributed by atoms with E-state index in [-0.39, 0.29) is 35.1 Å². The fourth-order valence-corrected chi connectivity index (χ4v) is 4.63. The molecule has 4 rings (SSSR count). The van der Waals surface area contributed by atoms with Crippen LogP contribution in [-0.2, 0) is 5.41 Å². The lowest BCUT2D eigenvalue weighted by molar-refractivity contribution is 0.151. The van der Waals surface area contributed by atoms with Crippen LogP contribution in [0.2, 0.25) is 0 Å². The number of nitrogens with two attached hydrogens (primary N) is 2. The molecule has 1 aliphatic carbocycles. The molecular formula is C22H24N8O. The number of nitrogens with one attached hydrogen (secondary N) is 2. The zero-order chi connectivity index (χ0) is 22.0. The molecule has 1 atom stereocenters. The zero-order valence-corrected chi connectivity index (χ0v) is 17.0. The number of pyridine rings is 1. The van der Waals surface area contributed by atoms with E-state index in [4.69, 9.17) is 16.7 Å². The van der Waals surface area contributed by atoms with Gasteiger partial charge in [0.1, 0.15) is 29.3 Å². The number of nitriles is 2. The molecule has 0 amide bonds. The molecule has 2 heterocycles. The third-order valence-electron chi connectivity index (χ3n) is 6.29. The molecule has 1 aromatic heterocycles. The van der Waals surface area contributed by atoms with Crippen molar-refractivity contribution in [3.8, 4) is 12.3 Å². The molecule has 1 aromatic carbocycles. The summed E-state index contributed by atoms with van der Waals surface area (Å²) in [5.41, 5.74) is 14.7. The third-order valence-corrected chi connectivity index (χ3v) is 6.29. The normalized spacial score (nSPS) is 19.2. The van der Waals surface area contributed by atoms with Gasteiger partial charge in [0.05, 0.1) is 12.3 Å². The number of guanidine groups is 1. The molecule has 2 aliphatic rings. The first-order valence-corrected chi connectivity index (χ1v) is 10.2. The van der Waals surface area contributed by atoms with E-state index in [1.807, 2.05) is 36.5 Å². The van der Waals surface area contributed by atoms with Gasteiger partial charge in [-0.2, -0.15) is 10.5 Å². The molecule has 2 aromatic rings. The van der Waals surface area contributed by atoms with Crippen molar-refractivity contribution in [2.24, 2.45) is 4.99 Å². The van der Waals surface area contributed by atoms with E-state index in [1.165, 1.54) is 6.42 Å². The Bertz CT molecular complexity index is 1120. The quantitative estimate of drug-likeness (QED) is 0.375. The second-order valence-corrected chi connectivity index (χ2v) is 8.03. The Kier molecular flexibility index (Phi) is 5.37. The summed E-state index contributed by atoms with van der Waals surface area (Å²) in [7, 11) is 0. The zero-order valence-electron chi connectivity index (χ0n) is 17.0. The number of hydrogen-bond donors (Lipinski definition) is 5. The first-order valence-electron chi connectivity index (χ1n) is 10.2. The fraction of sp³-hybridized carbons (Fsp3) is 0.364. The van der Waals surface area contributed by atoms with Crippen molar-refractivity contribution in [3.63, 3.8) is 0 Å². The van der Waals surface area contributed by atoms with Crippen molar-refractivity contribution in [1.82, 2.24) is 10.3 Å². The SMILES string of the molecule is N#CNC1=NC(c2cccc(C3(CO)CCCCC3)c2)c2c(nc(N)c(C#N)c2N)N1. The molecule has 0 radical (unpaired) electrons.